The third kappa shape index (κ3) is 4.62. The first kappa shape index (κ1) is 18.1. The maximum Gasteiger partial charge on any atom is 0.410 e. The first-order valence-electron chi connectivity index (χ1n) is 8.20. The van der Waals surface area contributed by atoms with Crippen molar-refractivity contribution in [3.63, 3.8) is 0 Å². The normalized spacial score (nSPS) is 16.5. The average Bonchev–Trinajstić information content (AvgIpc) is 2.82. The molecule has 1 fully saturated rings. The molecule has 1 aromatic heterocycles. The standard InChI is InChI=1S/C16H28N6O2/c1-11-13(12(2)20-19-11)10-18-14(17)21-6-8-22(9-7-21)15(23)24-16(3,4)5/h6-10H2,1-5H3,(H2,17,18)(H,19,20). The van der Waals surface area contributed by atoms with Gasteiger partial charge in [0.1, 0.15) is 5.60 Å². The number of carbonyl (C=O) groups excluding carboxylic acids is 1. The van der Waals surface area contributed by atoms with Gasteiger partial charge in [-0.25, -0.2) is 9.79 Å². The van der Waals surface area contributed by atoms with E-state index in [1.807, 2.05) is 39.5 Å². The van der Waals surface area contributed by atoms with E-state index >= 15 is 0 Å². The predicted molar refractivity (Wildman–Crippen MR) is 92.8 cm³/mol. The molecule has 3 N–H and O–H groups in total. The fourth-order valence-corrected chi connectivity index (χ4v) is 2.51. The van der Waals surface area contributed by atoms with Crippen LogP contribution in [-0.4, -0.2) is 63.8 Å². The molecule has 1 aromatic rings. The molecule has 0 spiro atoms. The predicted octanol–water partition coefficient (Wildman–Crippen LogP) is 1.39. The van der Waals surface area contributed by atoms with Gasteiger partial charge in [0.05, 0.1) is 12.2 Å². The number of rotatable bonds is 2. The van der Waals surface area contributed by atoms with E-state index in [4.69, 9.17) is 10.5 Å². The number of hydrogen-bond donors (Lipinski definition) is 2. The summed E-state index contributed by atoms with van der Waals surface area (Å²) in [5.41, 5.74) is 8.65. The number of aromatic nitrogens is 2. The van der Waals surface area contributed by atoms with Crippen molar-refractivity contribution >= 4 is 12.1 Å². The summed E-state index contributed by atoms with van der Waals surface area (Å²) in [5, 5.41) is 7.10. The molecule has 24 heavy (non-hydrogen) atoms. The van der Waals surface area contributed by atoms with Crippen molar-refractivity contribution in [2.45, 2.75) is 46.8 Å². The van der Waals surface area contributed by atoms with E-state index in [1.165, 1.54) is 0 Å². The van der Waals surface area contributed by atoms with Gasteiger partial charge < -0.3 is 20.3 Å². The summed E-state index contributed by atoms with van der Waals surface area (Å²) in [4.78, 5) is 20.2. The van der Waals surface area contributed by atoms with Crippen molar-refractivity contribution in [3.05, 3.63) is 17.0 Å². The third-order valence-corrected chi connectivity index (χ3v) is 3.94. The van der Waals surface area contributed by atoms with Gasteiger partial charge in [0.15, 0.2) is 5.96 Å². The molecule has 1 aliphatic rings. The number of guanidine groups is 1. The van der Waals surface area contributed by atoms with E-state index in [1.54, 1.807) is 4.90 Å². The Hall–Kier alpha value is -2.25. The first-order chi connectivity index (χ1) is 11.2. The zero-order chi connectivity index (χ0) is 17.9. The van der Waals surface area contributed by atoms with Crippen LogP contribution in [0.3, 0.4) is 0 Å². The van der Waals surface area contributed by atoms with E-state index in [9.17, 15) is 4.79 Å². The quantitative estimate of drug-likeness (QED) is 0.628. The Balaban J connectivity index is 1.87. The minimum atomic E-state index is -0.477. The zero-order valence-corrected chi connectivity index (χ0v) is 15.2. The molecule has 1 aliphatic heterocycles. The number of nitrogens with zero attached hydrogens (tertiary/aromatic N) is 4. The molecule has 1 saturated heterocycles. The summed E-state index contributed by atoms with van der Waals surface area (Å²) < 4.78 is 5.39. The Labute approximate surface area is 143 Å². The van der Waals surface area contributed by atoms with E-state index < -0.39 is 5.60 Å². The molecule has 0 atom stereocenters. The molecule has 0 aliphatic carbocycles. The van der Waals surface area contributed by atoms with Gasteiger partial charge in [-0.15, -0.1) is 0 Å². The van der Waals surface area contributed by atoms with Crippen LogP contribution in [0.15, 0.2) is 4.99 Å². The maximum atomic E-state index is 12.1. The second kappa shape index (κ2) is 7.11. The third-order valence-electron chi connectivity index (χ3n) is 3.94. The lowest BCUT2D eigenvalue weighted by Crippen LogP contribution is -2.53. The number of piperazine rings is 1. The Kier molecular flexibility index (Phi) is 5.36. The van der Waals surface area contributed by atoms with E-state index in [2.05, 4.69) is 15.2 Å². The summed E-state index contributed by atoms with van der Waals surface area (Å²) >= 11 is 0. The van der Waals surface area contributed by atoms with Crippen molar-refractivity contribution < 1.29 is 9.53 Å². The Morgan fingerprint density at radius 3 is 2.33 bits per heavy atom. The molecule has 0 radical (unpaired) electrons. The van der Waals surface area contributed by atoms with Gasteiger partial charge in [0, 0.05) is 37.4 Å². The largest absolute Gasteiger partial charge is 0.444 e. The molecule has 1 amide bonds. The molecule has 134 valence electrons. The number of amides is 1. The topological polar surface area (TPSA) is 99.8 Å². The number of nitrogens with one attached hydrogen (secondary N) is 1. The Morgan fingerprint density at radius 1 is 1.25 bits per heavy atom. The molecule has 0 saturated carbocycles. The summed E-state index contributed by atoms with van der Waals surface area (Å²) in [6.07, 6.45) is -0.276. The molecule has 0 bridgehead atoms. The van der Waals surface area contributed by atoms with Gasteiger partial charge in [-0.1, -0.05) is 0 Å². The second-order valence-electron chi connectivity index (χ2n) is 7.04. The summed E-state index contributed by atoms with van der Waals surface area (Å²) in [6.45, 7) is 12.5. The van der Waals surface area contributed by atoms with Crippen LogP contribution in [0, 0.1) is 13.8 Å². The number of ether oxygens (including phenoxy) is 1. The number of nitrogens with two attached hydrogens (primary N) is 1. The molecule has 2 heterocycles. The highest BCUT2D eigenvalue weighted by Crippen LogP contribution is 2.13. The van der Waals surface area contributed by atoms with Crippen molar-refractivity contribution in [1.29, 1.82) is 0 Å². The summed E-state index contributed by atoms with van der Waals surface area (Å²) in [6, 6.07) is 0. The highest BCUT2D eigenvalue weighted by molar-refractivity contribution is 5.78. The van der Waals surface area contributed by atoms with E-state index in [0.29, 0.717) is 38.7 Å². The number of aryl methyl sites for hydroxylation is 2. The van der Waals surface area contributed by atoms with Crippen LogP contribution in [0.2, 0.25) is 0 Å². The van der Waals surface area contributed by atoms with Gasteiger partial charge in [0.2, 0.25) is 0 Å². The highest BCUT2D eigenvalue weighted by atomic mass is 16.6. The van der Waals surface area contributed by atoms with Crippen molar-refractivity contribution in [2.24, 2.45) is 10.7 Å². The van der Waals surface area contributed by atoms with Crippen molar-refractivity contribution in [3.8, 4) is 0 Å². The monoisotopic (exact) mass is 336 g/mol. The summed E-state index contributed by atoms with van der Waals surface area (Å²) in [7, 11) is 0. The maximum absolute atomic E-state index is 12.1. The number of aliphatic imine (C=N–C) groups is 1. The van der Waals surface area contributed by atoms with E-state index in [0.717, 1.165) is 17.0 Å². The zero-order valence-electron chi connectivity index (χ0n) is 15.2. The highest BCUT2D eigenvalue weighted by Gasteiger charge is 2.26. The van der Waals surface area contributed by atoms with Crippen LogP contribution in [-0.2, 0) is 11.3 Å². The SMILES string of the molecule is Cc1n[nH]c(C)c1CN=C(N)N1CCN(C(=O)OC(C)(C)C)CC1. The van der Waals surface area contributed by atoms with E-state index in [-0.39, 0.29) is 6.09 Å². The fraction of sp³-hybridized carbons (Fsp3) is 0.688. The molecule has 0 unspecified atom stereocenters. The van der Waals surface area contributed by atoms with Gasteiger partial charge in [-0.05, 0) is 34.6 Å². The molecule has 0 aromatic carbocycles. The summed E-state index contributed by atoms with van der Waals surface area (Å²) in [5.74, 6) is 0.499. The Morgan fingerprint density at radius 2 is 1.83 bits per heavy atom. The van der Waals surface area contributed by atoms with Crippen LogP contribution >= 0.6 is 0 Å². The van der Waals surface area contributed by atoms with Crippen LogP contribution in [0.5, 0.6) is 0 Å². The van der Waals surface area contributed by atoms with Crippen LogP contribution in [0.4, 0.5) is 4.79 Å². The molecular weight excluding hydrogens is 308 g/mol. The van der Waals surface area contributed by atoms with Gasteiger partial charge in [0.25, 0.3) is 0 Å². The minimum Gasteiger partial charge on any atom is -0.444 e. The first-order valence-corrected chi connectivity index (χ1v) is 8.20. The smallest absolute Gasteiger partial charge is 0.410 e. The van der Waals surface area contributed by atoms with Gasteiger partial charge in [-0.3, -0.25) is 5.10 Å². The van der Waals surface area contributed by atoms with Gasteiger partial charge >= 0.3 is 6.09 Å². The number of H-pyrrole nitrogens is 1. The van der Waals surface area contributed by atoms with Crippen molar-refractivity contribution in [1.82, 2.24) is 20.0 Å². The average molecular weight is 336 g/mol. The lowest BCUT2D eigenvalue weighted by atomic mass is 10.2. The number of carbonyl (C=O) groups is 1. The van der Waals surface area contributed by atoms with Crippen molar-refractivity contribution in [2.75, 3.05) is 26.2 Å². The van der Waals surface area contributed by atoms with Crippen LogP contribution in [0.1, 0.15) is 37.7 Å². The van der Waals surface area contributed by atoms with Crippen LogP contribution < -0.4 is 5.73 Å². The minimum absolute atomic E-state index is 0.276. The lowest BCUT2D eigenvalue weighted by molar-refractivity contribution is 0.0186. The molecule has 8 nitrogen and oxygen atoms in total. The second-order valence-corrected chi connectivity index (χ2v) is 7.04. The lowest BCUT2D eigenvalue weighted by Gasteiger charge is -2.36. The Bertz CT molecular complexity index is 589. The molecule has 2 rings (SSSR count). The van der Waals surface area contributed by atoms with Gasteiger partial charge in [-0.2, -0.15) is 5.10 Å². The fourth-order valence-electron chi connectivity index (χ4n) is 2.51. The van der Waals surface area contributed by atoms with Crippen LogP contribution in [0.25, 0.3) is 0 Å². The number of aromatic amines is 1. The molecular formula is C16H28N6O2. The molecule has 8 heteroatoms. The number of hydrogen-bond acceptors (Lipinski definition) is 4.